The van der Waals surface area contributed by atoms with Crippen molar-refractivity contribution in [3.05, 3.63) is 36.3 Å². The number of carbonyl (C=O) groups excluding carboxylic acids is 1. The predicted molar refractivity (Wildman–Crippen MR) is 66.7 cm³/mol. The molecule has 0 aliphatic carbocycles. The number of nitrogens with one attached hydrogen (secondary N) is 1. The van der Waals surface area contributed by atoms with Crippen LogP contribution in [0.2, 0.25) is 0 Å². The van der Waals surface area contributed by atoms with Crippen LogP contribution in [0.1, 0.15) is 32.9 Å². The lowest BCUT2D eigenvalue weighted by Crippen LogP contribution is -2.41. The molecule has 1 N–H and O–H groups in total. The Morgan fingerprint density at radius 1 is 1.47 bits per heavy atom. The first-order chi connectivity index (χ1) is 8.04. The molecule has 0 atom stereocenters. The van der Waals surface area contributed by atoms with Crippen LogP contribution in [0.3, 0.4) is 0 Å². The third-order valence-corrected chi connectivity index (χ3v) is 2.83. The Morgan fingerprint density at radius 2 is 2.24 bits per heavy atom. The second-order valence-corrected chi connectivity index (χ2v) is 4.60. The van der Waals surface area contributed by atoms with Crippen molar-refractivity contribution in [2.24, 2.45) is 0 Å². The van der Waals surface area contributed by atoms with E-state index in [4.69, 9.17) is 0 Å². The Hall–Kier alpha value is -1.84. The van der Waals surface area contributed by atoms with Gasteiger partial charge in [-0.25, -0.2) is 4.98 Å². The number of amides is 1. The van der Waals surface area contributed by atoms with Crippen molar-refractivity contribution in [3.63, 3.8) is 0 Å². The van der Waals surface area contributed by atoms with Crippen LogP contribution in [0.15, 0.2) is 30.6 Å². The van der Waals surface area contributed by atoms with Gasteiger partial charge in [-0.3, -0.25) is 4.79 Å². The molecule has 1 amide bonds. The first kappa shape index (κ1) is 11.6. The lowest BCUT2D eigenvalue weighted by molar-refractivity contribution is -0.122. The number of fused-ring (bicyclic) bond motifs is 1. The molecule has 90 valence electrons. The zero-order valence-corrected chi connectivity index (χ0v) is 10.4. The maximum absolute atomic E-state index is 11.5. The summed E-state index contributed by atoms with van der Waals surface area (Å²) in [6, 6.07) is 5.85. The maximum Gasteiger partial charge on any atom is 0.220 e. The van der Waals surface area contributed by atoms with Gasteiger partial charge in [-0.15, -0.1) is 0 Å². The highest BCUT2D eigenvalue weighted by Crippen LogP contribution is 2.21. The molecule has 0 saturated carbocycles. The quantitative estimate of drug-likeness (QED) is 0.879. The third kappa shape index (κ3) is 2.16. The van der Waals surface area contributed by atoms with Crippen LogP contribution < -0.4 is 5.32 Å². The van der Waals surface area contributed by atoms with E-state index in [9.17, 15) is 4.79 Å². The minimum atomic E-state index is -0.423. The number of hydrogen-bond donors (Lipinski definition) is 1. The van der Waals surface area contributed by atoms with Gasteiger partial charge in [0, 0.05) is 12.6 Å². The zero-order valence-electron chi connectivity index (χ0n) is 10.4. The van der Waals surface area contributed by atoms with E-state index < -0.39 is 5.54 Å². The molecule has 4 heteroatoms. The van der Waals surface area contributed by atoms with E-state index in [1.807, 2.05) is 55.8 Å². The van der Waals surface area contributed by atoms with E-state index in [2.05, 4.69) is 10.3 Å². The number of rotatable bonds is 3. The Morgan fingerprint density at radius 3 is 2.94 bits per heavy atom. The van der Waals surface area contributed by atoms with E-state index >= 15 is 0 Å². The van der Waals surface area contributed by atoms with Gasteiger partial charge in [0.05, 0.1) is 17.4 Å². The molecule has 0 fully saturated rings. The smallest absolute Gasteiger partial charge is 0.220 e. The second-order valence-electron chi connectivity index (χ2n) is 4.60. The van der Waals surface area contributed by atoms with E-state index in [0.29, 0.717) is 6.42 Å². The molecular formula is C13H17N3O. The third-order valence-electron chi connectivity index (χ3n) is 2.83. The lowest BCUT2D eigenvalue weighted by Gasteiger charge is -2.25. The van der Waals surface area contributed by atoms with Crippen LogP contribution >= 0.6 is 0 Å². The molecule has 2 aromatic rings. The van der Waals surface area contributed by atoms with Crippen molar-refractivity contribution < 1.29 is 4.79 Å². The van der Waals surface area contributed by atoms with E-state index in [-0.39, 0.29) is 5.91 Å². The number of nitrogens with zero attached hydrogens (tertiary/aromatic N) is 2. The highest BCUT2D eigenvalue weighted by molar-refractivity contribution is 5.76. The summed E-state index contributed by atoms with van der Waals surface area (Å²) in [5.74, 6) is 0.0425. The lowest BCUT2D eigenvalue weighted by atomic mass is 10.0. The fraction of sp³-hybridized carbons (Fsp3) is 0.385. The van der Waals surface area contributed by atoms with Gasteiger partial charge in [0.25, 0.3) is 0 Å². The van der Waals surface area contributed by atoms with E-state index in [0.717, 1.165) is 11.3 Å². The summed E-state index contributed by atoms with van der Waals surface area (Å²) in [7, 11) is 0. The molecule has 2 rings (SSSR count). The Kier molecular flexibility index (Phi) is 2.88. The van der Waals surface area contributed by atoms with Crippen LogP contribution in [0.5, 0.6) is 0 Å². The fourth-order valence-corrected chi connectivity index (χ4v) is 1.90. The molecule has 0 bridgehead atoms. The van der Waals surface area contributed by atoms with Crippen LogP contribution in [0.25, 0.3) is 5.65 Å². The molecule has 0 saturated heterocycles. The van der Waals surface area contributed by atoms with E-state index in [1.54, 1.807) is 0 Å². The van der Waals surface area contributed by atoms with Crippen molar-refractivity contribution in [3.8, 4) is 0 Å². The molecule has 2 aromatic heterocycles. The standard InChI is InChI=1S/C13H17N3O/c1-4-12(17)15-13(2,3)10-9-14-11-7-5-6-8-16(10)11/h5-9H,4H2,1-3H3,(H,15,17). The van der Waals surface area contributed by atoms with Crippen molar-refractivity contribution in [2.45, 2.75) is 32.7 Å². The average molecular weight is 231 g/mol. The van der Waals surface area contributed by atoms with Crippen molar-refractivity contribution in [2.75, 3.05) is 0 Å². The molecule has 0 unspecified atom stereocenters. The molecule has 0 aliphatic rings. The number of imidazole rings is 1. The van der Waals surface area contributed by atoms with Gasteiger partial charge in [0.15, 0.2) is 0 Å². The minimum Gasteiger partial charge on any atom is -0.346 e. The molecule has 2 heterocycles. The van der Waals surface area contributed by atoms with Gasteiger partial charge >= 0.3 is 0 Å². The number of pyridine rings is 1. The molecule has 4 nitrogen and oxygen atoms in total. The minimum absolute atomic E-state index is 0.0425. The first-order valence-electron chi connectivity index (χ1n) is 5.78. The van der Waals surface area contributed by atoms with Gasteiger partial charge in [-0.05, 0) is 26.0 Å². The summed E-state index contributed by atoms with van der Waals surface area (Å²) in [5, 5.41) is 3.00. The monoisotopic (exact) mass is 231 g/mol. The predicted octanol–water partition coefficient (Wildman–Crippen LogP) is 2.10. The second kappa shape index (κ2) is 4.20. The topological polar surface area (TPSA) is 46.4 Å². The van der Waals surface area contributed by atoms with Crippen LogP contribution in [0.4, 0.5) is 0 Å². The Labute approximate surface area is 101 Å². The highest BCUT2D eigenvalue weighted by atomic mass is 16.1. The van der Waals surface area contributed by atoms with Gasteiger partial charge in [0.1, 0.15) is 5.65 Å². The molecule has 0 aromatic carbocycles. The Balaban J connectivity index is 2.41. The summed E-state index contributed by atoms with van der Waals surface area (Å²) >= 11 is 0. The van der Waals surface area contributed by atoms with E-state index in [1.165, 1.54) is 0 Å². The summed E-state index contributed by atoms with van der Waals surface area (Å²) in [6.45, 7) is 5.81. The average Bonchev–Trinajstić information content (AvgIpc) is 2.72. The molecule has 0 spiro atoms. The van der Waals surface area contributed by atoms with Crippen LogP contribution in [-0.4, -0.2) is 15.3 Å². The van der Waals surface area contributed by atoms with Crippen LogP contribution in [0, 0.1) is 0 Å². The number of aromatic nitrogens is 2. The number of hydrogen-bond acceptors (Lipinski definition) is 2. The summed E-state index contributed by atoms with van der Waals surface area (Å²) in [5.41, 5.74) is 1.45. The molecular weight excluding hydrogens is 214 g/mol. The normalized spacial score (nSPS) is 11.7. The largest absolute Gasteiger partial charge is 0.346 e. The highest BCUT2D eigenvalue weighted by Gasteiger charge is 2.25. The van der Waals surface area contributed by atoms with Crippen molar-refractivity contribution >= 4 is 11.6 Å². The maximum atomic E-state index is 11.5. The van der Waals surface area contributed by atoms with Crippen LogP contribution in [-0.2, 0) is 10.3 Å². The van der Waals surface area contributed by atoms with Gasteiger partial charge in [-0.2, -0.15) is 0 Å². The first-order valence-corrected chi connectivity index (χ1v) is 5.78. The zero-order chi connectivity index (χ0) is 12.5. The summed E-state index contributed by atoms with van der Waals surface area (Å²) in [6.07, 6.45) is 4.25. The van der Waals surface area contributed by atoms with Crippen molar-refractivity contribution in [1.29, 1.82) is 0 Å². The number of carbonyl (C=O) groups is 1. The Bertz CT molecular complexity index is 542. The summed E-state index contributed by atoms with van der Waals surface area (Å²) in [4.78, 5) is 15.8. The molecule has 0 radical (unpaired) electrons. The van der Waals surface area contributed by atoms with Gasteiger partial charge < -0.3 is 9.72 Å². The van der Waals surface area contributed by atoms with Crippen molar-refractivity contribution in [1.82, 2.24) is 14.7 Å². The fourth-order valence-electron chi connectivity index (χ4n) is 1.90. The summed E-state index contributed by atoms with van der Waals surface area (Å²) < 4.78 is 2.00. The SMILES string of the molecule is CCC(=O)NC(C)(C)c1cnc2ccccn12. The molecule has 17 heavy (non-hydrogen) atoms. The van der Waals surface area contributed by atoms with Gasteiger partial charge in [-0.1, -0.05) is 13.0 Å². The molecule has 0 aliphatic heterocycles. The van der Waals surface area contributed by atoms with Gasteiger partial charge in [0.2, 0.25) is 5.91 Å².